The first-order valence-electron chi connectivity index (χ1n) is 4.77. The van der Waals surface area contributed by atoms with Gasteiger partial charge in [0, 0.05) is 5.33 Å². The lowest BCUT2D eigenvalue weighted by Crippen LogP contribution is -2.18. The Morgan fingerprint density at radius 1 is 1.44 bits per heavy atom. The molecule has 0 aromatic heterocycles. The van der Waals surface area contributed by atoms with Crippen molar-refractivity contribution >= 4 is 22.2 Å². The molecule has 0 aliphatic heterocycles. The van der Waals surface area contributed by atoms with Crippen molar-refractivity contribution in [2.45, 2.75) is 18.6 Å². The molecule has 0 saturated heterocycles. The van der Waals surface area contributed by atoms with Crippen LogP contribution in [-0.2, 0) is 0 Å². The third-order valence-corrected chi connectivity index (χ3v) is 2.72. The molecule has 5 heteroatoms. The van der Waals surface area contributed by atoms with E-state index < -0.39 is 18.0 Å². The average molecular weight is 291 g/mol. The molecule has 0 heterocycles. The van der Waals surface area contributed by atoms with Crippen molar-refractivity contribution in [2.24, 2.45) is 0 Å². The number of hydrogen-bond donors (Lipinski definition) is 2. The molecule has 0 saturated carbocycles. The minimum absolute atomic E-state index is 0.0640. The second-order valence-corrected chi connectivity index (χ2v) is 4.18. The average Bonchev–Trinajstić information content (AvgIpc) is 2.28. The fourth-order valence-electron chi connectivity index (χ4n) is 1.31. The Kier molecular flexibility index (Phi) is 5.05. The summed E-state index contributed by atoms with van der Waals surface area (Å²) < 4.78 is 13.2. The number of benzene rings is 1. The lowest BCUT2D eigenvalue weighted by Gasteiger charge is -2.17. The molecule has 1 rings (SSSR count). The number of alkyl halides is 1. The van der Waals surface area contributed by atoms with E-state index >= 15 is 0 Å². The predicted octanol–water partition coefficient (Wildman–Crippen LogP) is 1.82. The Morgan fingerprint density at radius 2 is 2.12 bits per heavy atom. The molecule has 88 valence electrons. The first kappa shape index (κ1) is 13.3. The summed E-state index contributed by atoms with van der Waals surface area (Å²) in [6, 6.07) is 3.77. The molecule has 16 heavy (non-hydrogen) atoms. The molecule has 0 radical (unpaired) electrons. The van der Waals surface area contributed by atoms with Gasteiger partial charge in [0.1, 0.15) is 11.9 Å². The maximum Gasteiger partial charge on any atom is 0.152 e. The number of halogens is 2. The third kappa shape index (κ3) is 3.10. The molecular formula is C11H12BrFO3. The van der Waals surface area contributed by atoms with Crippen LogP contribution in [0.5, 0.6) is 0 Å². The van der Waals surface area contributed by atoms with Crippen LogP contribution in [0.2, 0.25) is 0 Å². The van der Waals surface area contributed by atoms with Gasteiger partial charge in [0.2, 0.25) is 0 Å². The largest absolute Gasteiger partial charge is 0.390 e. The lowest BCUT2D eigenvalue weighted by molar-refractivity contribution is 0.0172. The highest BCUT2D eigenvalue weighted by molar-refractivity contribution is 9.09. The maximum atomic E-state index is 13.2. The van der Waals surface area contributed by atoms with E-state index in [4.69, 9.17) is 0 Å². The minimum atomic E-state index is -1.15. The Hall–Kier alpha value is -0.780. The zero-order valence-electron chi connectivity index (χ0n) is 8.44. The van der Waals surface area contributed by atoms with Gasteiger partial charge in [0.25, 0.3) is 0 Å². The van der Waals surface area contributed by atoms with Crippen molar-refractivity contribution in [3.8, 4) is 0 Å². The van der Waals surface area contributed by atoms with E-state index in [9.17, 15) is 19.4 Å². The molecule has 2 atom stereocenters. The van der Waals surface area contributed by atoms with Crippen molar-refractivity contribution in [3.63, 3.8) is 0 Å². The van der Waals surface area contributed by atoms with E-state index in [1.54, 1.807) is 0 Å². The minimum Gasteiger partial charge on any atom is -0.390 e. The van der Waals surface area contributed by atoms with Gasteiger partial charge in [-0.15, -0.1) is 0 Å². The Bertz CT molecular complexity index is 370. The van der Waals surface area contributed by atoms with Crippen molar-refractivity contribution in [1.82, 2.24) is 0 Å². The fraction of sp³-hybridized carbons (Fsp3) is 0.364. The number of rotatable bonds is 5. The monoisotopic (exact) mass is 290 g/mol. The van der Waals surface area contributed by atoms with Crippen LogP contribution in [0.3, 0.4) is 0 Å². The van der Waals surface area contributed by atoms with Gasteiger partial charge < -0.3 is 10.2 Å². The first-order valence-corrected chi connectivity index (χ1v) is 5.89. The second kappa shape index (κ2) is 6.08. The SMILES string of the molecule is O=Cc1ccc(C(O)C(O)CCBr)cc1F. The number of aliphatic hydroxyl groups is 2. The van der Waals surface area contributed by atoms with Crippen molar-refractivity contribution in [1.29, 1.82) is 0 Å². The van der Waals surface area contributed by atoms with Crippen LogP contribution in [0.15, 0.2) is 18.2 Å². The van der Waals surface area contributed by atoms with Crippen LogP contribution in [0.4, 0.5) is 4.39 Å². The van der Waals surface area contributed by atoms with Crippen LogP contribution in [0.25, 0.3) is 0 Å². The number of aliphatic hydroxyl groups excluding tert-OH is 2. The van der Waals surface area contributed by atoms with E-state index in [-0.39, 0.29) is 11.1 Å². The molecule has 1 aromatic rings. The number of hydrogen-bond acceptors (Lipinski definition) is 3. The molecule has 3 nitrogen and oxygen atoms in total. The van der Waals surface area contributed by atoms with Gasteiger partial charge in [-0.3, -0.25) is 4.79 Å². The summed E-state index contributed by atoms with van der Waals surface area (Å²) in [4.78, 5) is 10.4. The summed E-state index contributed by atoms with van der Waals surface area (Å²) in [5, 5.41) is 19.7. The normalized spacial score (nSPS) is 14.5. The molecular weight excluding hydrogens is 279 g/mol. The van der Waals surface area contributed by atoms with E-state index in [2.05, 4.69) is 15.9 Å². The van der Waals surface area contributed by atoms with Crippen molar-refractivity contribution in [2.75, 3.05) is 5.33 Å². The fourth-order valence-corrected chi connectivity index (χ4v) is 1.78. The third-order valence-electron chi connectivity index (χ3n) is 2.26. The summed E-state index contributed by atoms with van der Waals surface area (Å²) in [5.74, 6) is -0.697. The quantitative estimate of drug-likeness (QED) is 0.642. The molecule has 2 unspecified atom stereocenters. The highest BCUT2D eigenvalue weighted by Crippen LogP contribution is 2.21. The predicted molar refractivity (Wildman–Crippen MR) is 61.2 cm³/mol. The van der Waals surface area contributed by atoms with Crippen LogP contribution in [-0.4, -0.2) is 27.9 Å². The summed E-state index contributed by atoms with van der Waals surface area (Å²) in [6.45, 7) is 0. The topological polar surface area (TPSA) is 57.5 Å². The second-order valence-electron chi connectivity index (χ2n) is 3.39. The van der Waals surface area contributed by atoms with E-state index in [1.165, 1.54) is 12.1 Å². The van der Waals surface area contributed by atoms with Crippen molar-refractivity contribution in [3.05, 3.63) is 35.1 Å². The molecule has 0 aliphatic rings. The van der Waals surface area contributed by atoms with Gasteiger partial charge in [-0.1, -0.05) is 22.0 Å². The zero-order valence-corrected chi connectivity index (χ0v) is 10.0. The van der Waals surface area contributed by atoms with Crippen LogP contribution in [0, 0.1) is 5.82 Å². The van der Waals surface area contributed by atoms with Crippen LogP contribution < -0.4 is 0 Å². The Balaban J connectivity index is 2.88. The van der Waals surface area contributed by atoms with Crippen LogP contribution in [0.1, 0.15) is 28.4 Å². The number of carbonyl (C=O) groups excluding carboxylic acids is 1. The van der Waals surface area contributed by atoms with Gasteiger partial charge in [-0.25, -0.2) is 4.39 Å². The summed E-state index contributed by atoms with van der Waals surface area (Å²) in [7, 11) is 0. The Labute approximate surface area is 101 Å². The summed E-state index contributed by atoms with van der Waals surface area (Å²) >= 11 is 3.14. The van der Waals surface area contributed by atoms with Gasteiger partial charge >= 0.3 is 0 Å². The van der Waals surface area contributed by atoms with Gasteiger partial charge in [0.05, 0.1) is 11.7 Å². The highest BCUT2D eigenvalue weighted by Gasteiger charge is 2.18. The molecule has 0 aliphatic carbocycles. The van der Waals surface area contributed by atoms with Gasteiger partial charge in [-0.2, -0.15) is 0 Å². The molecule has 0 bridgehead atoms. The lowest BCUT2D eigenvalue weighted by atomic mass is 10.0. The highest BCUT2D eigenvalue weighted by atomic mass is 79.9. The molecule has 2 N–H and O–H groups in total. The van der Waals surface area contributed by atoms with E-state index in [0.29, 0.717) is 18.0 Å². The summed E-state index contributed by atoms with van der Waals surface area (Å²) in [5.41, 5.74) is 0.197. The smallest absolute Gasteiger partial charge is 0.152 e. The Morgan fingerprint density at radius 3 is 2.62 bits per heavy atom. The van der Waals surface area contributed by atoms with Crippen LogP contribution >= 0.6 is 15.9 Å². The number of carbonyl (C=O) groups is 1. The van der Waals surface area contributed by atoms with E-state index in [1.807, 2.05) is 0 Å². The molecule has 1 aromatic carbocycles. The molecule has 0 spiro atoms. The first-order chi connectivity index (χ1) is 7.60. The number of aldehydes is 1. The molecule has 0 fully saturated rings. The van der Waals surface area contributed by atoms with Gasteiger partial charge in [0.15, 0.2) is 6.29 Å². The van der Waals surface area contributed by atoms with Gasteiger partial charge in [-0.05, 0) is 24.1 Å². The van der Waals surface area contributed by atoms with E-state index in [0.717, 1.165) is 6.07 Å². The zero-order chi connectivity index (χ0) is 12.1. The summed E-state index contributed by atoms with van der Waals surface area (Å²) in [6.07, 6.45) is -1.34. The standard InChI is InChI=1S/C11H12BrFO3/c12-4-3-10(15)11(16)7-1-2-8(6-14)9(13)5-7/h1-2,5-6,10-11,15-16H,3-4H2. The maximum absolute atomic E-state index is 13.2. The van der Waals surface area contributed by atoms with Crippen molar-refractivity contribution < 1.29 is 19.4 Å². The molecule has 0 amide bonds.